The van der Waals surface area contributed by atoms with Crippen LogP contribution in [0, 0.1) is 11.7 Å². The minimum atomic E-state index is -0.226. The SMILES string of the molecule is O=C(N[C@@H](Cc1ccc(OC2CC2)c(Cl)c1)CN1CCCC1)[C@@H]1CCN(c2ccc3cc(F)ccc3c2)C1. The van der Waals surface area contributed by atoms with Crippen molar-refractivity contribution in [1.29, 1.82) is 0 Å². The van der Waals surface area contributed by atoms with E-state index in [0.717, 1.165) is 79.6 Å². The van der Waals surface area contributed by atoms with Gasteiger partial charge in [-0.05, 0) is 104 Å². The summed E-state index contributed by atoms with van der Waals surface area (Å²) in [4.78, 5) is 18.2. The van der Waals surface area contributed by atoms with Gasteiger partial charge in [-0.3, -0.25) is 4.79 Å². The first-order valence-electron chi connectivity index (χ1n) is 13.9. The van der Waals surface area contributed by atoms with Gasteiger partial charge in [0.2, 0.25) is 5.91 Å². The number of amides is 1. The molecule has 2 atom stereocenters. The molecule has 38 heavy (non-hydrogen) atoms. The Morgan fingerprint density at radius 3 is 2.58 bits per heavy atom. The fourth-order valence-corrected chi connectivity index (χ4v) is 6.03. The first-order valence-corrected chi connectivity index (χ1v) is 14.3. The molecule has 1 aliphatic carbocycles. The number of nitrogens with zero attached hydrogens (tertiary/aromatic N) is 2. The maximum absolute atomic E-state index is 13.6. The topological polar surface area (TPSA) is 44.8 Å². The molecule has 1 amide bonds. The van der Waals surface area contributed by atoms with Crippen molar-refractivity contribution in [3.63, 3.8) is 0 Å². The van der Waals surface area contributed by atoms with Crippen LogP contribution in [0.4, 0.5) is 10.1 Å². The molecule has 7 heteroatoms. The maximum Gasteiger partial charge on any atom is 0.225 e. The minimum Gasteiger partial charge on any atom is -0.489 e. The molecule has 0 bridgehead atoms. The van der Waals surface area contributed by atoms with E-state index in [1.165, 1.54) is 18.9 Å². The Bertz CT molecular complexity index is 1310. The number of hydrogen-bond acceptors (Lipinski definition) is 4. The van der Waals surface area contributed by atoms with E-state index in [9.17, 15) is 9.18 Å². The van der Waals surface area contributed by atoms with E-state index >= 15 is 0 Å². The molecule has 3 aliphatic rings. The molecule has 1 N–H and O–H groups in total. The maximum atomic E-state index is 13.6. The van der Waals surface area contributed by atoms with Crippen molar-refractivity contribution in [2.75, 3.05) is 37.6 Å². The Labute approximate surface area is 228 Å². The van der Waals surface area contributed by atoms with Crippen LogP contribution in [0.1, 0.15) is 37.7 Å². The van der Waals surface area contributed by atoms with Gasteiger partial charge < -0.3 is 19.9 Å². The number of fused-ring (bicyclic) bond motifs is 1. The number of hydrogen-bond donors (Lipinski definition) is 1. The summed E-state index contributed by atoms with van der Waals surface area (Å²) in [6.45, 7) is 4.55. The summed E-state index contributed by atoms with van der Waals surface area (Å²) in [6, 6.07) is 17.0. The Kier molecular flexibility index (Phi) is 7.44. The van der Waals surface area contributed by atoms with Crippen molar-refractivity contribution >= 4 is 34.0 Å². The van der Waals surface area contributed by atoms with E-state index in [2.05, 4.69) is 27.2 Å². The Morgan fingerprint density at radius 2 is 1.79 bits per heavy atom. The smallest absolute Gasteiger partial charge is 0.225 e. The number of carbonyl (C=O) groups excluding carboxylic acids is 1. The number of ether oxygens (including phenoxy) is 1. The van der Waals surface area contributed by atoms with E-state index in [1.807, 2.05) is 30.3 Å². The van der Waals surface area contributed by atoms with Gasteiger partial charge in [-0.15, -0.1) is 0 Å². The van der Waals surface area contributed by atoms with Crippen LogP contribution in [0.2, 0.25) is 5.02 Å². The molecule has 5 nitrogen and oxygen atoms in total. The second kappa shape index (κ2) is 11.1. The van der Waals surface area contributed by atoms with E-state index < -0.39 is 0 Å². The molecule has 6 rings (SSSR count). The monoisotopic (exact) mass is 535 g/mol. The van der Waals surface area contributed by atoms with E-state index in [1.54, 1.807) is 6.07 Å². The summed E-state index contributed by atoms with van der Waals surface area (Å²) in [5, 5.41) is 5.94. The Balaban J connectivity index is 1.11. The van der Waals surface area contributed by atoms with Crippen molar-refractivity contribution in [1.82, 2.24) is 10.2 Å². The van der Waals surface area contributed by atoms with Crippen molar-refractivity contribution in [3.05, 3.63) is 71.0 Å². The second-order valence-corrected chi connectivity index (χ2v) is 11.5. The van der Waals surface area contributed by atoms with E-state index in [-0.39, 0.29) is 23.7 Å². The molecule has 0 radical (unpaired) electrons. The van der Waals surface area contributed by atoms with Gasteiger partial charge in [0.1, 0.15) is 11.6 Å². The number of halogens is 2. The molecule has 2 saturated heterocycles. The third kappa shape index (κ3) is 6.08. The standard InChI is InChI=1S/C31H35ClFN3O2/c32-29-16-21(3-10-30(29)38-28-8-9-28)15-26(20-35-12-1-2-13-35)34-31(37)24-11-14-36(19-24)27-7-5-22-17-25(33)6-4-23(22)18-27/h3-7,10,16-18,24,26,28H,1-2,8-9,11-15,19-20H2,(H,34,37)/t24-,26+/m1/s1. The lowest BCUT2D eigenvalue weighted by Gasteiger charge is -2.26. The average molecular weight is 536 g/mol. The highest BCUT2D eigenvalue weighted by molar-refractivity contribution is 6.32. The van der Waals surface area contributed by atoms with Crippen LogP contribution in [0.5, 0.6) is 5.75 Å². The highest BCUT2D eigenvalue weighted by atomic mass is 35.5. The van der Waals surface area contributed by atoms with Crippen molar-refractivity contribution in [3.8, 4) is 5.75 Å². The van der Waals surface area contributed by atoms with Crippen LogP contribution in [0.15, 0.2) is 54.6 Å². The Morgan fingerprint density at radius 1 is 1.00 bits per heavy atom. The lowest BCUT2D eigenvalue weighted by Crippen LogP contribution is -2.46. The fourth-order valence-electron chi connectivity index (χ4n) is 5.78. The molecule has 0 spiro atoms. The van der Waals surface area contributed by atoms with E-state index in [4.69, 9.17) is 16.3 Å². The number of benzene rings is 3. The highest BCUT2D eigenvalue weighted by Gasteiger charge is 2.31. The third-order valence-corrected chi connectivity index (χ3v) is 8.33. The van der Waals surface area contributed by atoms with Gasteiger partial charge >= 0.3 is 0 Å². The quantitative estimate of drug-likeness (QED) is 0.375. The van der Waals surface area contributed by atoms with Crippen LogP contribution in [-0.4, -0.2) is 55.7 Å². The third-order valence-electron chi connectivity index (χ3n) is 8.03. The van der Waals surface area contributed by atoms with Crippen LogP contribution in [-0.2, 0) is 11.2 Å². The Hall–Kier alpha value is -2.83. The zero-order valence-electron chi connectivity index (χ0n) is 21.7. The lowest BCUT2D eigenvalue weighted by molar-refractivity contribution is -0.125. The van der Waals surface area contributed by atoms with Crippen molar-refractivity contribution in [2.45, 2.75) is 50.7 Å². The number of likely N-dealkylation sites (tertiary alicyclic amines) is 1. The molecule has 200 valence electrons. The van der Waals surface area contributed by atoms with Gasteiger partial charge in [-0.2, -0.15) is 0 Å². The summed E-state index contributed by atoms with van der Waals surface area (Å²) in [5.74, 6) is 0.594. The summed E-state index contributed by atoms with van der Waals surface area (Å²) in [5.41, 5.74) is 2.19. The molecule has 2 heterocycles. The zero-order valence-corrected chi connectivity index (χ0v) is 22.4. The van der Waals surface area contributed by atoms with Gasteiger partial charge in [0.25, 0.3) is 0 Å². The fraction of sp³-hybridized carbons (Fsp3) is 0.452. The zero-order chi connectivity index (χ0) is 26.1. The first kappa shape index (κ1) is 25.4. The van der Waals surface area contributed by atoms with Crippen LogP contribution < -0.4 is 15.0 Å². The van der Waals surface area contributed by atoms with Gasteiger partial charge in [0, 0.05) is 31.4 Å². The van der Waals surface area contributed by atoms with Crippen LogP contribution >= 0.6 is 11.6 Å². The molecule has 0 unspecified atom stereocenters. The van der Waals surface area contributed by atoms with Gasteiger partial charge in [-0.25, -0.2) is 4.39 Å². The summed E-state index contributed by atoms with van der Waals surface area (Å²) < 4.78 is 19.5. The largest absolute Gasteiger partial charge is 0.489 e. The highest BCUT2D eigenvalue weighted by Crippen LogP contribution is 2.33. The first-order chi connectivity index (χ1) is 18.5. The van der Waals surface area contributed by atoms with Crippen LogP contribution in [0.3, 0.4) is 0 Å². The van der Waals surface area contributed by atoms with Crippen LogP contribution in [0.25, 0.3) is 10.8 Å². The number of nitrogens with one attached hydrogen (secondary N) is 1. The molecule has 0 aromatic heterocycles. The average Bonchev–Trinajstić information content (AvgIpc) is 3.34. The molecule has 3 fully saturated rings. The molecule has 3 aromatic carbocycles. The summed E-state index contributed by atoms with van der Waals surface area (Å²) in [6.07, 6.45) is 6.50. The van der Waals surface area contributed by atoms with E-state index in [0.29, 0.717) is 17.7 Å². The number of rotatable bonds is 9. The molecule has 2 aliphatic heterocycles. The predicted octanol–water partition coefficient (Wildman–Crippen LogP) is 5.82. The molecular formula is C31H35ClFN3O2. The molecule has 1 saturated carbocycles. The molecule has 3 aromatic rings. The lowest BCUT2D eigenvalue weighted by atomic mass is 10.0. The predicted molar refractivity (Wildman–Crippen MR) is 151 cm³/mol. The van der Waals surface area contributed by atoms with Gasteiger partial charge in [-0.1, -0.05) is 29.8 Å². The second-order valence-electron chi connectivity index (χ2n) is 11.1. The number of carbonyl (C=O) groups is 1. The normalized spacial score (nSPS) is 20.7. The molecular weight excluding hydrogens is 501 g/mol. The number of anilines is 1. The minimum absolute atomic E-state index is 0.0245. The summed E-state index contributed by atoms with van der Waals surface area (Å²) in [7, 11) is 0. The van der Waals surface area contributed by atoms with Crippen molar-refractivity contribution < 1.29 is 13.9 Å². The van der Waals surface area contributed by atoms with Gasteiger partial charge in [0.05, 0.1) is 17.0 Å². The van der Waals surface area contributed by atoms with Crippen molar-refractivity contribution in [2.24, 2.45) is 5.92 Å². The summed E-state index contributed by atoms with van der Waals surface area (Å²) >= 11 is 6.54. The van der Waals surface area contributed by atoms with Gasteiger partial charge in [0.15, 0.2) is 0 Å².